The van der Waals surface area contributed by atoms with E-state index >= 15 is 0 Å². The normalized spacial score (nSPS) is 16.2. The average molecular weight is 224 g/mol. The van der Waals surface area contributed by atoms with Crippen molar-refractivity contribution < 1.29 is 14.2 Å². The summed E-state index contributed by atoms with van der Waals surface area (Å²) in [6, 6.07) is 4.51. The molecule has 2 nitrogen and oxygen atoms in total. The molecule has 1 aliphatic rings. The van der Waals surface area contributed by atoms with Crippen molar-refractivity contribution in [3.63, 3.8) is 0 Å². The first-order chi connectivity index (χ1) is 7.47. The Balaban J connectivity index is 2.14. The minimum absolute atomic E-state index is 0.242. The second-order valence-corrected chi connectivity index (χ2v) is 4.96. The van der Waals surface area contributed by atoms with Crippen LogP contribution in [0.1, 0.15) is 32.3 Å². The standard InChI is InChI=1S/C13H17FO2/c1-13(2,15)10-5-6-11(14)12(7-10)16-8-9-3-4-9/h5-7,9,15H,3-4,8H2,1-2H3. The molecule has 1 fully saturated rings. The van der Waals surface area contributed by atoms with Gasteiger partial charge in [0.25, 0.3) is 0 Å². The fourth-order valence-corrected chi connectivity index (χ4v) is 1.49. The second kappa shape index (κ2) is 4.06. The van der Waals surface area contributed by atoms with Crippen molar-refractivity contribution in [3.05, 3.63) is 29.6 Å². The van der Waals surface area contributed by atoms with Crippen LogP contribution in [0.4, 0.5) is 4.39 Å². The molecule has 1 aliphatic carbocycles. The van der Waals surface area contributed by atoms with Crippen LogP contribution in [0.25, 0.3) is 0 Å². The molecule has 0 saturated heterocycles. The van der Waals surface area contributed by atoms with E-state index in [0.717, 1.165) is 0 Å². The van der Waals surface area contributed by atoms with Crippen molar-refractivity contribution in [2.24, 2.45) is 5.92 Å². The second-order valence-electron chi connectivity index (χ2n) is 4.96. The largest absolute Gasteiger partial charge is 0.490 e. The molecule has 0 aromatic heterocycles. The average Bonchev–Trinajstić information content (AvgIpc) is 2.98. The van der Waals surface area contributed by atoms with Crippen LogP contribution < -0.4 is 4.74 Å². The van der Waals surface area contributed by atoms with Gasteiger partial charge in [-0.25, -0.2) is 4.39 Å². The Morgan fingerprint density at radius 3 is 2.69 bits per heavy atom. The summed E-state index contributed by atoms with van der Waals surface area (Å²) in [6.45, 7) is 3.92. The van der Waals surface area contributed by atoms with Crippen molar-refractivity contribution in [2.75, 3.05) is 6.61 Å². The maximum absolute atomic E-state index is 13.4. The molecule has 0 spiro atoms. The molecule has 0 radical (unpaired) electrons. The fourth-order valence-electron chi connectivity index (χ4n) is 1.49. The Labute approximate surface area is 95.1 Å². The maximum Gasteiger partial charge on any atom is 0.165 e. The molecule has 3 heteroatoms. The molecule has 0 bridgehead atoms. The van der Waals surface area contributed by atoms with E-state index in [1.54, 1.807) is 26.0 Å². The number of benzene rings is 1. The summed E-state index contributed by atoms with van der Waals surface area (Å²) < 4.78 is 18.8. The highest BCUT2D eigenvalue weighted by Crippen LogP contribution is 2.31. The van der Waals surface area contributed by atoms with Gasteiger partial charge in [0.1, 0.15) is 0 Å². The first-order valence-electron chi connectivity index (χ1n) is 5.62. The zero-order chi connectivity index (χ0) is 11.8. The summed E-state index contributed by atoms with van der Waals surface area (Å²) in [5.41, 5.74) is -0.300. The molecular weight excluding hydrogens is 207 g/mol. The van der Waals surface area contributed by atoms with Crippen LogP contribution in [-0.2, 0) is 5.60 Å². The summed E-state index contributed by atoms with van der Waals surface area (Å²) in [5, 5.41) is 9.82. The lowest BCUT2D eigenvalue weighted by Gasteiger charge is -2.19. The molecule has 16 heavy (non-hydrogen) atoms. The van der Waals surface area contributed by atoms with Crippen LogP contribution in [-0.4, -0.2) is 11.7 Å². The lowest BCUT2D eigenvalue weighted by molar-refractivity contribution is 0.0781. The van der Waals surface area contributed by atoms with E-state index in [1.165, 1.54) is 18.9 Å². The molecule has 88 valence electrons. The third kappa shape index (κ3) is 2.73. The Bertz CT molecular complexity index is 378. The first-order valence-corrected chi connectivity index (χ1v) is 5.62. The highest BCUT2D eigenvalue weighted by molar-refractivity contribution is 5.33. The maximum atomic E-state index is 13.4. The fraction of sp³-hybridized carbons (Fsp3) is 0.538. The molecule has 1 saturated carbocycles. The van der Waals surface area contributed by atoms with Gasteiger partial charge < -0.3 is 9.84 Å². The van der Waals surface area contributed by atoms with E-state index in [0.29, 0.717) is 18.1 Å². The molecule has 1 aromatic rings. The van der Waals surface area contributed by atoms with Crippen molar-refractivity contribution in [3.8, 4) is 5.75 Å². The summed E-state index contributed by atoms with van der Waals surface area (Å²) >= 11 is 0. The monoisotopic (exact) mass is 224 g/mol. The number of hydrogen-bond donors (Lipinski definition) is 1. The van der Waals surface area contributed by atoms with Crippen molar-refractivity contribution in [1.29, 1.82) is 0 Å². The van der Waals surface area contributed by atoms with E-state index in [1.807, 2.05) is 0 Å². The van der Waals surface area contributed by atoms with Gasteiger partial charge in [-0.3, -0.25) is 0 Å². The number of ether oxygens (including phenoxy) is 1. The lowest BCUT2D eigenvalue weighted by Crippen LogP contribution is -2.15. The smallest absolute Gasteiger partial charge is 0.165 e. The van der Waals surface area contributed by atoms with E-state index < -0.39 is 5.60 Å². The number of halogens is 1. The number of aliphatic hydroxyl groups is 1. The van der Waals surface area contributed by atoms with Crippen LogP contribution in [0.2, 0.25) is 0 Å². The zero-order valence-corrected chi connectivity index (χ0v) is 9.66. The molecule has 0 atom stereocenters. The van der Waals surface area contributed by atoms with Gasteiger partial charge in [0.05, 0.1) is 12.2 Å². The van der Waals surface area contributed by atoms with E-state index in [-0.39, 0.29) is 11.6 Å². The van der Waals surface area contributed by atoms with Gasteiger partial charge in [0.15, 0.2) is 11.6 Å². The third-order valence-electron chi connectivity index (χ3n) is 2.81. The summed E-state index contributed by atoms with van der Waals surface area (Å²) in [5.74, 6) is 0.463. The third-order valence-corrected chi connectivity index (χ3v) is 2.81. The minimum atomic E-state index is -0.967. The molecule has 0 aliphatic heterocycles. The van der Waals surface area contributed by atoms with Crippen LogP contribution in [0.15, 0.2) is 18.2 Å². The van der Waals surface area contributed by atoms with Gasteiger partial charge >= 0.3 is 0 Å². The topological polar surface area (TPSA) is 29.5 Å². The lowest BCUT2D eigenvalue weighted by atomic mass is 9.98. The van der Waals surface area contributed by atoms with Crippen molar-refractivity contribution >= 4 is 0 Å². The Morgan fingerprint density at radius 1 is 1.44 bits per heavy atom. The molecule has 0 unspecified atom stereocenters. The van der Waals surface area contributed by atoms with Gasteiger partial charge in [-0.1, -0.05) is 6.07 Å². The van der Waals surface area contributed by atoms with Crippen molar-refractivity contribution in [1.82, 2.24) is 0 Å². The van der Waals surface area contributed by atoms with E-state index in [4.69, 9.17) is 4.74 Å². The van der Waals surface area contributed by atoms with E-state index in [2.05, 4.69) is 0 Å². The predicted molar refractivity (Wildman–Crippen MR) is 59.9 cm³/mol. The Morgan fingerprint density at radius 2 is 2.12 bits per heavy atom. The highest BCUT2D eigenvalue weighted by Gasteiger charge is 2.23. The number of hydrogen-bond acceptors (Lipinski definition) is 2. The minimum Gasteiger partial charge on any atom is -0.490 e. The van der Waals surface area contributed by atoms with Crippen LogP contribution in [0.5, 0.6) is 5.75 Å². The first kappa shape index (κ1) is 11.4. The van der Waals surface area contributed by atoms with Crippen LogP contribution in [0, 0.1) is 11.7 Å². The predicted octanol–water partition coefficient (Wildman–Crippen LogP) is 2.84. The SMILES string of the molecule is CC(C)(O)c1ccc(F)c(OCC2CC2)c1. The quantitative estimate of drug-likeness (QED) is 0.852. The van der Waals surface area contributed by atoms with Gasteiger partial charge in [-0.05, 0) is 50.3 Å². The summed E-state index contributed by atoms with van der Waals surface area (Å²) in [4.78, 5) is 0. The van der Waals surface area contributed by atoms with Crippen LogP contribution >= 0.6 is 0 Å². The van der Waals surface area contributed by atoms with E-state index in [9.17, 15) is 9.50 Å². The highest BCUT2D eigenvalue weighted by atomic mass is 19.1. The van der Waals surface area contributed by atoms with Gasteiger partial charge in [-0.2, -0.15) is 0 Å². The molecule has 1 aromatic carbocycles. The molecule has 0 heterocycles. The summed E-state index contributed by atoms with van der Waals surface area (Å²) in [6.07, 6.45) is 2.35. The van der Waals surface area contributed by atoms with Crippen molar-refractivity contribution in [2.45, 2.75) is 32.3 Å². The number of rotatable bonds is 4. The summed E-state index contributed by atoms with van der Waals surface area (Å²) in [7, 11) is 0. The Kier molecular flexibility index (Phi) is 2.89. The molecule has 0 amide bonds. The van der Waals surface area contributed by atoms with Gasteiger partial charge in [-0.15, -0.1) is 0 Å². The van der Waals surface area contributed by atoms with Gasteiger partial charge in [0.2, 0.25) is 0 Å². The molecular formula is C13H17FO2. The van der Waals surface area contributed by atoms with Gasteiger partial charge in [0, 0.05) is 0 Å². The van der Waals surface area contributed by atoms with Crippen LogP contribution in [0.3, 0.4) is 0 Å². The molecule has 2 rings (SSSR count). The Hall–Kier alpha value is -1.09. The molecule has 1 N–H and O–H groups in total. The zero-order valence-electron chi connectivity index (χ0n) is 9.66.